The van der Waals surface area contributed by atoms with Gasteiger partial charge in [0, 0.05) is 27.1 Å². The summed E-state index contributed by atoms with van der Waals surface area (Å²) >= 11 is 14.1. The molecule has 0 aliphatic carbocycles. The summed E-state index contributed by atoms with van der Waals surface area (Å²) in [4.78, 5) is 17.6. The standard InChI is InChI=1S/C29H26Cl2N4O4S/c1-17-25(27(36)38-3)26(35-28(32-17)33-29(34-35)40-16-20-9-5-7-11-22(20)31)18-12-13-23(24(14-18)37-2)39-15-19-8-4-6-10-21(19)30/h4-14,26H,15-16H2,1-3H3,(H,32,33,34). The number of aromatic nitrogens is 3. The molecule has 0 radical (unpaired) electrons. The summed E-state index contributed by atoms with van der Waals surface area (Å²) in [7, 11) is 2.92. The first-order valence-electron chi connectivity index (χ1n) is 12.3. The van der Waals surface area contributed by atoms with Crippen molar-refractivity contribution < 1.29 is 19.0 Å². The van der Waals surface area contributed by atoms with E-state index in [0.717, 1.165) is 16.7 Å². The van der Waals surface area contributed by atoms with Crippen LogP contribution in [0.5, 0.6) is 11.5 Å². The Hall–Kier alpha value is -3.66. The molecule has 5 rings (SSSR count). The van der Waals surface area contributed by atoms with E-state index in [-0.39, 0.29) is 6.61 Å². The van der Waals surface area contributed by atoms with Gasteiger partial charge in [0.1, 0.15) is 12.6 Å². The lowest BCUT2D eigenvalue weighted by atomic mass is 9.95. The third-order valence-corrected chi connectivity index (χ3v) is 8.02. The van der Waals surface area contributed by atoms with Gasteiger partial charge < -0.3 is 19.5 Å². The van der Waals surface area contributed by atoms with Crippen molar-refractivity contribution >= 4 is 46.9 Å². The number of esters is 1. The minimum absolute atomic E-state index is 0.272. The predicted molar refractivity (Wildman–Crippen MR) is 156 cm³/mol. The number of allylic oxidation sites excluding steroid dienone is 1. The van der Waals surface area contributed by atoms with E-state index in [1.165, 1.54) is 18.9 Å². The second-order valence-corrected chi connectivity index (χ2v) is 10.6. The fraction of sp³-hybridized carbons (Fsp3) is 0.207. The number of methoxy groups -OCH3 is 2. The maximum absolute atomic E-state index is 13.0. The van der Waals surface area contributed by atoms with E-state index in [1.807, 2.05) is 67.6 Å². The number of benzene rings is 3. The molecule has 0 saturated heterocycles. The number of hydrogen-bond acceptors (Lipinski definition) is 8. The van der Waals surface area contributed by atoms with E-state index in [4.69, 9.17) is 42.5 Å². The van der Waals surface area contributed by atoms with Crippen LogP contribution in [0.3, 0.4) is 0 Å². The molecule has 1 aliphatic rings. The molecule has 8 nitrogen and oxygen atoms in total. The summed E-state index contributed by atoms with van der Waals surface area (Å²) in [6.07, 6.45) is 0. The quantitative estimate of drug-likeness (QED) is 0.164. The molecule has 2 heterocycles. The molecule has 0 saturated carbocycles. The van der Waals surface area contributed by atoms with Crippen molar-refractivity contribution in [3.8, 4) is 11.5 Å². The van der Waals surface area contributed by atoms with Crippen LogP contribution in [0.4, 0.5) is 5.95 Å². The first-order chi connectivity index (χ1) is 19.4. The maximum atomic E-state index is 13.0. The van der Waals surface area contributed by atoms with Crippen molar-refractivity contribution in [3.05, 3.63) is 105 Å². The lowest BCUT2D eigenvalue weighted by Gasteiger charge is -2.28. The highest BCUT2D eigenvalue weighted by Gasteiger charge is 2.35. The minimum atomic E-state index is -0.614. The molecule has 0 amide bonds. The molecule has 3 aromatic carbocycles. The lowest BCUT2D eigenvalue weighted by molar-refractivity contribution is -0.136. The Morgan fingerprint density at radius 3 is 2.38 bits per heavy atom. The summed E-state index contributed by atoms with van der Waals surface area (Å²) in [5, 5.41) is 9.80. The summed E-state index contributed by atoms with van der Waals surface area (Å²) in [6.45, 7) is 2.08. The van der Waals surface area contributed by atoms with Gasteiger partial charge in [-0.25, -0.2) is 9.48 Å². The molecule has 206 valence electrons. The highest BCUT2D eigenvalue weighted by molar-refractivity contribution is 7.98. The summed E-state index contributed by atoms with van der Waals surface area (Å²) in [5.74, 6) is 1.67. The SMILES string of the molecule is COC(=O)C1=C(C)Nc2nc(SCc3ccccc3Cl)nn2C1c1ccc(OCc2ccccc2Cl)c(OC)c1. The highest BCUT2D eigenvalue weighted by atomic mass is 35.5. The van der Waals surface area contributed by atoms with E-state index in [0.29, 0.717) is 49.7 Å². The molecular weight excluding hydrogens is 571 g/mol. The van der Waals surface area contributed by atoms with Crippen molar-refractivity contribution in [2.24, 2.45) is 0 Å². The molecule has 4 aromatic rings. The number of thioether (sulfide) groups is 1. The Kier molecular flexibility index (Phi) is 8.54. The van der Waals surface area contributed by atoms with Crippen molar-refractivity contribution in [1.29, 1.82) is 0 Å². The molecule has 0 fully saturated rings. The Bertz CT molecular complexity index is 1590. The Morgan fingerprint density at radius 2 is 1.70 bits per heavy atom. The van der Waals surface area contributed by atoms with Gasteiger partial charge >= 0.3 is 5.97 Å². The topological polar surface area (TPSA) is 87.5 Å². The van der Waals surface area contributed by atoms with Gasteiger partial charge in [0.25, 0.3) is 0 Å². The van der Waals surface area contributed by atoms with Gasteiger partial charge in [0.05, 0.1) is 19.8 Å². The van der Waals surface area contributed by atoms with Crippen LogP contribution >= 0.6 is 35.0 Å². The summed E-state index contributed by atoms with van der Waals surface area (Å²) in [5.41, 5.74) is 3.62. The number of halogens is 2. The highest BCUT2D eigenvalue weighted by Crippen LogP contribution is 2.40. The van der Waals surface area contributed by atoms with Crippen LogP contribution in [-0.4, -0.2) is 35.0 Å². The molecule has 1 N–H and O–H groups in total. The molecule has 0 spiro atoms. The van der Waals surface area contributed by atoms with E-state index in [2.05, 4.69) is 10.3 Å². The second-order valence-electron chi connectivity index (χ2n) is 8.89. The van der Waals surface area contributed by atoms with Crippen LogP contribution in [0.15, 0.2) is 83.2 Å². The molecule has 1 aliphatic heterocycles. The second kappa shape index (κ2) is 12.2. The zero-order valence-corrected chi connectivity index (χ0v) is 24.3. The van der Waals surface area contributed by atoms with Crippen molar-refractivity contribution in [2.45, 2.75) is 30.5 Å². The number of anilines is 1. The first kappa shape index (κ1) is 27.9. The number of fused-ring (bicyclic) bond motifs is 1. The Morgan fingerprint density at radius 1 is 1.00 bits per heavy atom. The maximum Gasteiger partial charge on any atom is 0.338 e. The average Bonchev–Trinajstić information content (AvgIpc) is 3.37. The van der Waals surface area contributed by atoms with E-state index < -0.39 is 12.0 Å². The van der Waals surface area contributed by atoms with E-state index in [1.54, 1.807) is 17.9 Å². The summed E-state index contributed by atoms with van der Waals surface area (Å²) < 4.78 is 18.5. The van der Waals surface area contributed by atoms with E-state index in [9.17, 15) is 4.79 Å². The largest absolute Gasteiger partial charge is 0.493 e. The number of rotatable bonds is 9. The fourth-order valence-corrected chi connectivity index (χ4v) is 5.68. The molecule has 0 bridgehead atoms. The summed E-state index contributed by atoms with van der Waals surface area (Å²) in [6, 6.07) is 20.0. The Balaban J connectivity index is 1.47. The van der Waals surface area contributed by atoms with Gasteiger partial charge in [-0.1, -0.05) is 77.4 Å². The molecule has 40 heavy (non-hydrogen) atoms. The lowest BCUT2D eigenvalue weighted by Crippen LogP contribution is -2.29. The molecule has 1 unspecified atom stereocenters. The number of nitrogens with one attached hydrogen (secondary N) is 1. The number of hydrogen-bond donors (Lipinski definition) is 1. The predicted octanol–water partition coefficient (Wildman–Crippen LogP) is 6.93. The number of ether oxygens (including phenoxy) is 3. The minimum Gasteiger partial charge on any atom is -0.493 e. The van der Waals surface area contributed by atoms with E-state index >= 15 is 0 Å². The molecule has 1 atom stereocenters. The number of nitrogens with zero attached hydrogens (tertiary/aromatic N) is 3. The number of carbonyl (C=O) groups is 1. The molecule has 11 heteroatoms. The Labute approximate surface area is 246 Å². The van der Waals surface area contributed by atoms with Crippen molar-refractivity contribution in [3.63, 3.8) is 0 Å². The monoisotopic (exact) mass is 596 g/mol. The van der Waals surface area contributed by atoms with Crippen LogP contribution in [0, 0.1) is 0 Å². The first-order valence-corrected chi connectivity index (χ1v) is 14.1. The van der Waals surface area contributed by atoms with Gasteiger partial charge in [-0.15, -0.1) is 5.10 Å². The third-order valence-electron chi connectivity index (χ3n) is 6.40. The van der Waals surface area contributed by atoms with Crippen LogP contribution in [0.1, 0.15) is 29.7 Å². The number of carbonyl (C=O) groups excluding carboxylic acids is 1. The average molecular weight is 598 g/mol. The van der Waals surface area contributed by atoms with Gasteiger partial charge in [0.2, 0.25) is 11.1 Å². The van der Waals surface area contributed by atoms with Crippen molar-refractivity contribution in [1.82, 2.24) is 14.8 Å². The smallest absolute Gasteiger partial charge is 0.338 e. The van der Waals surface area contributed by atoms with Gasteiger partial charge in [-0.2, -0.15) is 4.98 Å². The molecular formula is C29H26Cl2N4O4S. The van der Waals surface area contributed by atoms with Crippen LogP contribution in [0.25, 0.3) is 0 Å². The molecule has 1 aromatic heterocycles. The zero-order valence-electron chi connectivity index (χ0n) is 22.0. The van der Waals surface area contributed by atoms with Gasteiger partial charge in [-0.3, -0.25) is 0 Å². The van der Waals surface area contributed by atoms with Crippen LogP contribution in [0.2, 0.25) is 10.0 Å². The van der Waals surface area contributed by atoms with Gasteiger partial charge in [-0.05, 0) is 42.3 Å². The van der Waals surface area contributed by atoms with Crippen LogP contribution in [-0.2, 0) is 21.9 Å². The third kappa shape index (κ3) is 5.77. The van der Waals surface area contributed by atoms with Gasteiger partial charge in [0.15, 0.2) is 11.5 Å². The normalized spacial score (nSPS) is 14.4. The zero-order chi connectivity index (χ0) is 28.2. The fourth-order valence-electron chi connectivity index (χ4n) is 4.38. The van der Waals surface area contributed by atoms with Crippen LogP contribution < -0.4 is 14.8 Å². The van der Waals surface area contributed by atoms with Crippen molar-refractivity contribution in [2.75, 3.05) is 19.5 Å².